The van der Waals surface area contributed by atoms with Crippen molar-refractivity contribution in [1.82, 2.24) is 20.5 Å². The number of amides is 4. The number of rotatable bonds is 4. The Kier molecular flexibility index (Phi) is 5.43. The molecule has 3 aliphatic rings. The molecule has 2 N–H and O–H groups in total. The lowest BCUT2D eigenvalue weighted by molar-refractivity contribution is -0.137. The minimum atomic E-state index is -0.816. The zero-order chi connectivity index (χ0) is 20.4. The van der Waals surface area contributed by atoms with E-state index in [0.717, 1.165) is 55.9 Å². The van der Waals surface area contributed by atoms with Crippen molar-refractivity contribution in [3.63, 3.8) is 0 Å². The first-order chi connectivity index (χ1) is 14.0. The highest BCUT2D eigenvalue weighted by Crippen LogP contribution is 2.38. The van der Waals surface area contributed by atoms with Gasteiger partial charge in [0.2, 0.25) is 5.91 Å². The summed E-state index contributed by atoms with van der Waals surface area (Å²) in [7, 11) is 0. The van der Waals surface area contributed by atoms with Gasteiger partial charge in [-0.2, -0.15) is 0 Å². The second-order valence-corrected chi connectivity index (χ2v) is 8.46. The molecule has 0 aromatic carbocycles. The van der Waals surface area contributed by atoms with E-state index in [1.165, 1.54) is 0 Å². The first-order valence-electron chi connectivity index (χ1n) is 10.6. The number of carbonyl (C=O) groups excluding carboxylic acids is 3. The summed E-state index contributed by atoms with van der Waals surface area (Å²) in [6.45, 7) is 3.42. The van der Waals surface area contributed by atoms with Crippen LogP contribution in [0.1, 0.15) is 45.4 Å². The molecule has 4 amide bonds. The van der Waals surface area contributed by atoms with Crippen molar-refractivity contribution in [3.8, 4) is 0 Å². The molecule has 1 aromatic heterocycles. The summed E-state index contributed by atoms with van der Waals surface area (Å²) in [4.78, 5) is 45.6. The van der Waals surface area contributed by atoms with Crippen LogP contribution in [0.3, 0.4) is 0 Å². The second-order valence-electron chi connectivity index (χ2n) is 8.46. The molecule has 8 nitrogen and oxygen atoms in total. The lowest BCUT2D eigenvalue weighted by atomic mass is 9.73. The molecule has 0 unspecified atom stereocenters. The van der Waals surface area contributed by atoms with Crippen LogP contribution in [0.15, 0.2) is 24.4 Å². The van der Waals surface area contributed by atoms with Crippen LogP contribution in [0.25, 0.3) is 0 Å². The third kappa shape index (κ3) is 3.80. The monoisotopic (exact) mass is 399 g/mol. The molecule has 2 atom stereocenters. The smallest absolute Gasteiger partial charge is 0.325 e. The van der Waals surface area contributed by atoms with E-state index in [9.17, 15) is 14.4 Å². The van der Waals surface area contributed by atoms with E-state index in [0.29, 0.717) is 6.42 Å². The molecule has 2 aliphatic heterocycles. The Bertz CT molecular complexity index is 778. The maximum atomic E-state index is 13.0. The Labute approximate surface area is 171 Å². The molecule has 3 heterocycles. The Hall–Kier alpha value is -2.64. The number of hydrogen-bond donors (Lipinski definition) is 2. The van der Waals surface area contributed by atoms with Crippen LogP contribution < -0.4 is 15.5 Å². The maximum absolute atomic E-state index is 13.0. The molecule has 29 heavy (non-hydrogen) atoms. The van der Waals surface area contributed by atoms with Crippen molar-refractivity contribution in [2.45, 2.75) is 57.0 Å². The molecule has 1 aliphatic carbocycles. The van der Waals surface area contributed by atoms with Crippen molar-refractivity contribution in [3.05, 3.63) is 24.4 Å². The summed E-state index contributed by atoms with van der Waals surface area (Å²) >= 11 is 0. The topological polar surface area (TPSA) is 94.6 Å². The van der Waals surface area contributed by atoms with Gasteiger partial charge in [0.1, 0.15) is 17.9 Å². The Morgan fingerprint density at radius 3 is 2.72 bits per heavy atom. The van der Waals surface area contributed by atoms with Gasteiger partial charge in [-0.25, -0.2) is 9.78 Å². The lowest BCUT2D eigenvalue weighted by Gasteiger charge is -2.36. The molecular weight excluding hydrogens is 370 g/mol. The van der Waals surface area contributed by atoms with Crippen LogP contribution >= 0.6 is 0 Å². The zero-order valence-electron chi connectivity index (χ0n) is 16.9. The minimum Gasteiger partial charge on any atom is -0.356 e. The molecule has 8 heteroatoms. The number of nitrogens with one attached hydrogen (secondary N) is 2. The van der Waals surface area contributed by atoms with Crippen molar-refractivity contribution in [1.29, 1.82) is 0 Å². The van der Waals surface area contributed by atoms with Crippen molar-refractivity contribution in [2.24, 2.45) is 5.92 Å². The fraction of sp³-hybridized carbons (Fsp3) is 0.619. The Balaban J connectivity index is 1.30. The van der Waals surface area contributed by atoms with Gasteiger partial charge in [-0.05, 0) is 43.7 Å². The highest BCUT2D eigenvalue weighted by atomic mass is 16.2. The van der Waals surface area contributed by atoms with E-state index in [-0.39, 0.29) is 30.3 Å². The van der Waals surface area contributed by atoms with Gasteiger partial charge in [0.05, 0.1) is 0 Å². The molecule has 4 rings (SSSR count). The van der Waals surface area contributed by atoms with Gasteiger partial charge in [0.25, 0.3) is 5.91 Å². The van der Waals surface area contributed by atoms with Gasteiger partial charge in [-0.1, -0.05) is 25.8 Å². The minimum absolute atomic E-state index is 0.0470. The predicted molar refractivity (Wildman–Crippen MR) is 108 cm³/mol. The largest absolute Gasteiger partial charge is 0.356 e. The van der Waals surface area contributed by atoms with E-state index in [1.807, 2.05) is 25.1 Å². The molecule has 1 aromatic rings. The lowest BCUT2D eigenvalue weighted by Crippen LogP contribution is -2.54. The number of hydrogen-bond acceptors (Lipinski definition) is 5. The van der Waals surface area contributed by atoms with Gasteiger partial charge >= 0.3 is 6.03 Å². The van der Waals surface area contributed by atoms with Crippen LogP contribution in [-0.2, 0) is 9.59 Å². The van der Waals surface area contributed by atoms with Crippen molar-refractivity contribution < 1.29 is 14.4 Å². The highest BCUT2D eigenvalue weighted by molar-refractivity contribution is 6.09. The van der Waals surface area contributed by atoms with E-state index >= 15 is 0 Å². The summed E-state index contributed by atoms with van der Waals surface area (Å²) in [5.41, 5.74) is -0.816. The molecule has 1 saturated carbocycles. The fourth-order valence-corrected chi connectivity index (χ4v) is 4.85. The number of piperidine rings is 1. The van der Waals surface area contributed by atoms with E-state index in [4.69, 9.17) is 0 Å². The zero-order valence-corrected chi connectivity index (χ0v) is 16.9. The van der Waals surface area contributed by atoms with Crippen LogP contribution in [0, 0.1) is 5.92 Å². The summed E-state index contributed by atoms with van der Waals surface area (Å²) < 4.78 is 0. The highest BCUT2D eigenvalue weighted by Gasteiger charge is 2.55. The summed E-state index contributed by atoms with van der Waals surface area (Å²) in [6.07, 6.45) is 6.97. The predicted octanol–water partition coefficient (Wildman–Crippen LogP) is 1.67. The van der Waals surface area contributed by atoms with Crippen LogP contribution in [-0.4, -0.2) is 58.9 Å². The number of urea groups is 1. The van der Waals surface area contributed by atoms with E-state index < -0.39 is 11.6 Å². The number of aromatic nitrogens is 1. The summed E-state index contributed by atoms with van der Waals surface area (Å²) in [5.74, 6) is 0.528. The van der Waals surface area contributed by atoms with Crippen LogP contribution in [0.5, 0.6) is 0 Å². The SMILES string of the molecule is C[C@H]1CCCC[C@]12NC(=O)N(CC(=O)NC1CCN(c3ccccn3)CC1)C2=O. The number of carbonyl (C=O) groups is 3. The molecule has 156 valence electrons. The Morgan fingerprint density at radius 2 is 2.03 bits per heavy atom. The van der Waals surface area contributed by atoms with Gasteiger partial charge in [0.15, 0.2) is 0 Å². The first-order valence-corrected chi connectivity index (χ1v) is 10.6. The maximum Gasteiger partial charge on any atom is 0.325 e. The normalized spacial score (nSPS) is 28.0. The average Bonchev–Trinajstić information content (AvgIpc) is 2.96. The van der Waals surface area contributed by atoms with Crippen molar-refractivity contribution in [2.75, 3.05) is 24.5 Å². The third-order valence-corrected chi connectivity index (χ3v) is 6.64. The van der Waals surface area contributed by atoms with Gasteiger partial charge in [-0.3, -0.25) is 14.5 Å². The number of anilines is 1. The number of nitrogens with zero attached hydrogens (tertiary/aromatic N) is 3. The third-order valence-electron chi connectivity index (χ3n) is 6.64. The molecule has 2 saturated heterocycles. The van der Waals surface area contributed by atoms with E-state index in [2.05, 4.69) is 20.5 Å². The first kappa shape index (κ1) is 19.7. The molecule has 0 bridgehead atoms. The summed E-state index contributed by atoms with van der Waals surface area (Å²) in [6, 6.07) is 5.45. The number of imide groups is 1. The Morgan fingerprint density at radius 1 is 1.24 bits per heavy atom. The standard InChI is InChI=1S/C21H29N5O3/c1-15-6-2-4-10-21(15)19(28)26(20(29)24-21)14-18(27)23-16-8-12-25(13-9-16)17-7-3-5-11-22-17/h3,5,7,11,15-16H,2,4,6,8-10,12-14H2,1H3,(H,23,27)(H,24,29)/t15-,21-/m0/s1. The van der Waals surface area contributed by atoms with Crippen LogP contribution in [0.4, 0.5) is 10.6 Å². The second kappa shape index (κ2) is 8.00. The van der Waals surface area contributed by atoms with Crippen molar-refractivity contribution >= 4 is 23.7 Å². The summed E-state index contributed by atoms with van der Waals surface area (Å²) in [5, 5.41) is 5.90. The molecule has 1 spiro atoms. The van der Waals surface area contributed by atoms with Crippen LogP contribution in [0.2, 0.25) is 0 Å². The fourth-order valence-electron chi connectivity index (χ4n) is 4.85. The average molecular weight is 399 g/mol. The number of pyridine rings is 1. The quantitative estimate of drug-likeness (QED) is 0.751. The molecule has 0 radical (unpaired) electrons. The van der Waals surface area contributed by atoms with Gasteiger partial charge < -0.3 is 15.5 Å². The molecular formula is C21H29N5O3. The molecule has 3 fully saturated rings. The van der Waals surface area contributed by atoms with Gasteiger partial charge in [-0.15, -0.1) is 0 Å². The van der Waals surface area contributed by atoms with Gasteiger partial charge in [0, 0.05) is 25.3 Å². The van der Waals surface area contributed by atoms with E-state index in [1.54, 1.807) is 6.20 Å².